The first-order valence-corrected chi connectivity index (χ1v) is 12.8. The SMILES string of the molecule is CCOc1ccc(NC(=O)C2=C(C)c3cc(OC)c(OC)cc3N(Cc3ccccc3)S2(=O)=O)cc1. The van der Waals surface area contributed by atoms with E-state index in [0.717, 1.165) is 5.56 Å². The van der Waals surface area contributed by atoms with Gasteiger partial charge in [-0.05, 0) is 55.3 Å². The second-order valence-electron chi connectivity index (χ2n) is 8.09. The van der Waals surface area contributed by atoms with Crippen LogP contribution in [0.25, 0.3) is 5.57 Å². The number of carbonyl (C=O) groups is 1. The Labute approximate surface area is 211 Å². The summed E-state index contributed by atoms with van der Waals surface area (Å²) in [5.74, 6) is 0.746. The molecule has 1 aliphatic heterocycles. The summed E-state index contributed by atoms with van der Waals surface area (Å²) in [7, 11) is -1.23. The number of nitrogens with zero attached hydrogens (tertiary/aromatic N) is 1. The standard InChI is InChI=1S/C27H28N2O6S/c1-5-35-21-13-11-20(12-14-21)28-27(30)26-18(2)22-15-24(33-3)25(34-4)16-23(22)29(36(26,31)32)17-19-9-7-6-8-10-19/h6-16H,5,17H2,1-4H3,(H,28,30). The molecular weight excluding hydrogens is 480 g/mol. The third-order valence-electron chi connectivity index (χ3n) is 5.86. The third kappa shape index (κ3) is 4.74. The van der Waals surface area contributed by atoms with Crippen molar-refractivity contribution in [3.63, 3.8) is 0 Å². The van der Waals surface area contributed by atoms with Gasteiger partial charge in [0, 0.05) is 17.3 Å². The van der Waals surface area contributed by atoms with Crippen molar-refractivity contribution in [3.05, 3.63) is 82.8 Å². The molecule has 0 atom stereocenters. The summed E-state index contributed by atoms with van der Waals surface area (Å²) in [6, 6.07) is 19.3. The number of allylic oxidation sites excluding steroid dienone is 1. The largest absolute Gasteiger partial charge is 0.494 e. The van der Waals surface area contributed by atoms with Crippen LogP contribution in [0, 0.1) is 0 Å². The summed E-state index contributed by atoms with van der Waals surface area (Å²) < 4.78 is 45.4. The lowest BCUT2D eigenvalue weighted by Gasteiger charge is -2.33. The minimum absolute atomic E-state index is 0.0404. The predicted octanol–water partition coefficient (Wildman–Crippen LogP) is 4.82. The van der Waals surface area contributed by atoms with Gasteiger partial charge in [0.2, 0.25) is 0 Å². The van der Waals surface area contributed by atoms with E-state index in [2.05, 4.69) is 5.32 Å². The van der Waals surface area contributed by atoms with Gasteiger partial charge in [-0.2, -0.15) is 0 Å². The molecule has 0 aliphatic carbocycles. The Morgan fingerprint density at radius 2 is 1.58 bits per heavy atom. The predicted molar refractivity (Wildman–Crippen MR) is 140 cm³/mol. The molecule has 0 unspecified atom stereocenters. The second-order valence-corrected chi connectivity index (χ2v) is 9.89. The smallest absolute Gasteiger partial charge is 0.270 e. The van der Waals surface area contributed by atoms with E-state index in [1.807, 2.05) is 37.3 Å². The normalized spacial score (nSPS) is 14.2. The van der Waals surface area contributed by atoms with Crippen LogP contribution >= 0.6 is 0 Å². The Morgan fingerprint density at radius 1 is 0.944 bits per heavy atom. The van der Waals surface area contributed by atoms with E-state index < -0.39 is 15.9 Å². The molecule has 4 rings (SSSR count). The summed E-state index contributed by atoms with van der Waals surface area (Å²) in [5, 5.41) is 2.72. The molecule has 0 aromatic heterocycles. The number of nitrogens with one attached hydrogen (secondary N) is 1. The van der Waals surface area contributed by atoms with Crippen LogP contribution in [-0.4, -0.2) is 35.2 Å². The van der Waals surface area contributed by atoms with Crippen LogP contribution in [0.5, 0.6) is 17.2 Å². The number of ether oxygens (including phenoxy) is 3. The van der Waals surface area contributed by atoms with Crippen molar-refractivity contribution in [2.24, 2.45) is 0 Å². The first-order valence-electron chi connectivity index (χ1n) is 11.4. The zero-order valence-electron chi connectivity index (χ0n) is 20.6. The van der Waals surface area contributed by atoms with Crippen molar-refractivity contribution in [3.8, 4) is 17.2 Å². The van der Waals surface area contributed by atoms with Gasteiger partial charge in [0.1, 0.15) is 5.75 Å². The van der Waals surface area contributed by atoms with Gasteiger partial charge in [0.25, 0.3) is 15.9 Å². The maximum absolute atomic E-state index is 13.9. The van der Waals surface area contributed by atoms with Crippen LogP contribution in [0.15, 0.2) is 71.6 Å². The van der Waals surface area contributed by atoms with E-state index in [-0.39, 0.29) is 11.4 Å². The minimum Gasteiger partial charge on any atom is -0.494 e. The highest BCUT2D eigenvalue weighted by Crippen LogP contribution is 2.45. The number of sulfonamides is 1. The van der Waals surface area contributed by atoms with E-state index in [1.54, 1.807) is 43.3 Å². The van der Waals surface area contributed by atoms with Crippen molar-refractivity contribution in [1.29, 1.82) is 0 Å². The van der Waals surface area contributed by atoms with E-state index >= 15 is 0 Å². The third-order valence-corrected chi connectivity index (χ3v) is 7.78. The van der Waals surface area contributed by atoms with Crippen LogP contribution in [0.4, 0.5) is 11.4 Å². The lowest BCUT2D eigenvalue weighted by atomic mass is 10.0. The van der Waals surface area contributed by atoms with Crippen molar-refractivity contribution >= 4 is 32.9 Å². The maximum atomic E-state index is 13.9. The molecule has 9 heteroatoms. The first-order chi connectivity index (χ1) is 17.3. The highest BCUT2D eigenvalue weighted by atomic mass is 32.2. The first kappa shape index (κ1) is 25.1. The number of fused-ring (bicyclic) bond motifs is 1. The van der Waals surface area contributed by atoms with Gasteiger partial charge in [-0.25, -0.2) is 8.42 Å². The lowest BCUT2D eigenvalue weighted by molar-refractivity contribution is -0.112. The molecule has 0 saturated heterocycles. The fraction of sp³-hybridized carbons (Fsp3) is 0.222. The molecule has 36 heavy (non-hydrogen) atoms. The molecule has 0 fully saturated rings. The number of amides is 1. The number of methoxy groups -OCH3 is 2. The maximum Gasteiger partial charge on any atom is 0.270 e. The summed E-state index contributed by atoms with van der Waals surface area (Å²) in [5.41, 5.74) is 2.51. The van der Waals surface area contributed by atoms with Gasteiger partial charge in [-0.3, -0.25) is 9.10 Å². The zero-order valence-corrected chi connectivity index (χ0v) is 21.4. The minimum atomic E-state index is -4.23. The van der Waals surface area contributed by atoms with Crippen molar-refractivity contribution in [2.75, 3.05) is 30.4 Å². The molecule has 0 spiro atoms. The molecular formula is C27H28N2O6S. The lowest BCUT2D eigenvalue weighted by Crippen LogP contribution is -2.39. The molecule has 1 heterocycles. The van der Waals surface area contributed by atoms with Crippen LogP contribution in [0.1, 0.15) is 25.0 Å². The van der Waals surface area contributed by atoms with Crippen molar-refractivity contribution in [1.82, 2.24) is 0 Å². The molecule has 1 aliphatic rings. The fourth-order valence-electron chi connectivity index (χ4n) is 4.13. The Hall–Kier alpha value is -3.98. The van der Waals surface area contributed by atoms with Gasteiger partial charge < -0.3 is 19.5 Å². The summed E-state index contributed by atoms with van der Waals surface area (Å²) in [6.45, 7) is 4.05. The molecule has 0 saturated carbocycles. The van der Waals surface area contributed by atoms with E-state index in [1.165, 1.54) is 18.5 Å². The second kappa shape index (κ2) is 10.3. The Bertz CT molecular complexity index is 1400. The number of anilines is 2. The molecule has 188 valence electrons. The molecule has 3 aromatic carbocycles. The van der Waals surface area contributed by atoms with Gasteiger partial charge in [0.05, 0.1) is 33.1 Å². The van der Waals surface area contributed by atoms with Crippen LogP contribution in [0.3, 0.4) is 0 Å². The molecule has 3 aromatic rings. The Morgan fingerprint density at radius 3 is 2.19 bits per heavy atom. The molecule has 1 N–H and O–H groups in total. The van der Waals surface area contributed by atoms with E-state index in [9.17, 15) is 13.2 Å². The summed E-state index contributed by atoms with van der Waals surface area (Å²) in [4.78, 5) is 13.1. The number of hydrogen-bond donors (Lipinski definition) is 1. The van der Waals surface area contributed by atoms with Gasteiger partial charge >= 0.3 is 0 Å². The molecule has 0 radical (unpaired) electrons. The fourth-order valence-corrected chi connectivity index (χ4v) is 5.86. The van der Waals surface area contributed by atoms with Crippen LogP contribution in [0.2, 0.25) is 0 Å². The topological polar surface area (TPSA) is 94.2 Å². The zero-order chi connectivity index (χ0) is 25.9. The van der Waals surface area contributed by atoms with Gasteiger partial charge in [-0.1, -0.05) is 30.3 Å². The highest BCUT2D eigenvalue weighted by Gasteiger charge is 2.40. The number of carbonyl (C=O) groups excluding carboxylic acids is 1. The average molecular weight is 509 g/mol. The Balaban J connectivity index is 1.82. The summed E-state index contributed by atoms with van der Waals surface area (Å²) in [6.07, 6.45) is 0. The van der Waals surface area contributed by atoms with E-state index in [4.69, 9.17) is 14.2 Å². The summed E-state index contributed by atoms with van der Waals surface area (Å²) >= 11 is 0. The number of rotatable bonds is 8. The van der Waals surface area contributed by atoms with Gasteiger partial charge in [0.15, 0.2) is 16.4 Å². The molecule has 0 bridgehead atoms. The highest BCUT2D eigenvalue weighted by molar-refractivity contribution is 7.97. The Kier molecular flexibility index (Phi) is 7.21. The van der Waals surface area contributed by atoms with Crippen molar-refractivity contribution < 1.29 is 27.4 Å². The van der Waals surface area contributed by atoms with Crippen molar-refractivity contribution in [2.45, 2.75) is 20.4 Å². The monoisotopic (exact) mass is 508 g/mol. The number of hydrogen-bond acceptors (Lipinski definition) is 6. The van der Waals surface area contributed by atoms with Crippen LogP contribution in [-0.2, 0) is 21.4 Å². The van der Waals surface area contributed by atoms with Gasteiger partial charge in [-0.15, -0.1) is 0 Å². The van der Waals surface area contributed by atoms with E-state index in [0.29, 0.717) is 46.4 Å². The quantitative estimate of drug-likeness (QED) is 0.469. The number of benzene rings is 3. The molecule has 1 amide bonds. The average Bonchev–Trinajstić information content (AvgIpc) is 2.87. The van der Waals surface area contributed by atoms with Crippen LogP contribution < -0.4 is 23.8 Å². The molecule has 8 nitrogen and oxygen atoms in total.